The Balaban J connectivity index is 1.62. The van der Waals surface area contributed by atoms with Crippen LogP contribution in [0.3, 0.4) is 0 Å². The molecular weight excluding hydrogens is 336 g/mol. The van der Waals surface area contributed by atoms with Gasteiger partial charge in [0.05, 0.1) is 22.9 Å². The minimum Gasteiger partial charge on any atom is -0.239 e. The topological polar surface area (TPSA) is 59.1 Å². The monoisotopic (exact) mass is 350 g/mol. The predicted molar refractivity (Wildman–Crippen MR) is 91.3 cm³/mol. The molecule has 1 aromatic carbocycles. The van der Waals surface area contributed by atoms with E-state index in [1.165, 1.54) is 11.3 Å². The molecule has 22 heavy (non-hydrogen) atoms. The number of rotatable bonds is 6. The molecule has 0 radical (unpaired) electrons. The van der Waals surface area contributed by atoms with Gasteiger partial charge in [-0.2, -0.15) is 0 Å². The van der Waals surface area contributed by atoms with Gasteiger partial charge in [-0.15, -0.1) is 22.7 Å². The van der Waals surface area contributed by atoms with E-state index in [-0.39, 0.29) is 12.3 Å². The Morgan fingerprint density at radius 2 is 1.86 bits per heavy atom. The lowest BCUT2D eigenvalue weighted by Crippen LogP contribution is -2.24. The highest BCUT2D eigenvalue weighted by molar-refractivity contribution is 7.88. The van der Waals surface area contributed by atoms with Gasteiger partial charge < -0.3 is 0 Å². The standard InChI is InChI=1S/C15H14N2O2S3/c18-22(19,11-12-5-2-1-3-6-12)16-9-13-10-21-15(17-13)14-7-4-8-20-14/h1-8,10,16H,9,11H2. The Morgan fingerprint density at radius 1 is 1.05 bits per heavy atom. The van der Waals surface area contributed by atoms with Gasteiger partial charge in [0.25, 0.3) is 0 Å². The molecular formula is C15H14N2O2S3. The molecule has 3 aromatic rings. The van der Waals surface area contributed by atoms with Gasteiger partial charge in [-0.05, 0) is 17.0 Å². The number of aromatic nitrogens is 1. The molecule has 0 aliphatic rings. The zero-order chi connectivity index (χ0) is 15.4. The van der Waals surface area contributed by atoms with Gasteiger partial charge in [0.2, 0.25) is 10.0 Å². The highest BCUT2D eigenvalue weighted by Crippen LogP contribution is 2.27. The maximum Gasteiger partial charge on any atom is 0.216 e. The maximum absolute atomic E-state index is 12.1. The van der Waals surface area contributed by atoms with Crippen molar-refractivity contribution in [2.75, 3.05) is 0 Å². The van der Waals surface area contributed by atoms with E-state index in [0.717, 1.165) is 21.1 Å². The largest absolute Gasteiger partial charge is 0.239 e. The Morgan fingerprint density at radius 3 is 2.59 bits per heavy atom. The first-order valence-electron chi connectivity index (χ1n) is 6.62. The van der Waals surface area contributed by atoms with Crippen molar-refractivity contribution in [1.82, 2.24) is 9.71 Å². The fraction of sp³-hybridized carbons (Fsp3) is 0.133. The van der Waals surface area contributed by atoms with Crippen molar-refractivity contribution >= 4 is 32.7 Å². The van der Waals surface area contributed by atoms with E-state index in [1.807, 2.05) is 41.1 Å². The van der Waals surface area contributed by atoms with E-state index in [0.29, 0.717) is 0 Å². The van der Waals surface area contributed by atoms with Gasteiger partial charge in [0, 0.05) is 5.38 Å². The smallest absolute Gasteiger partial charge is 0.216 e. The van der Waals surface area contributed by atoms with E-state index in [9.17, 15) is 8.42 Å². The molecule has 0 saturated carbocycles. The highest BCUT2D eigenvalue weighted by atomic mass is 32.2. The predicted octanol–water partition coefficient (Wildman–Crippen LogP) is 3.49. The number of hydrogen-bond acceptors (Lipinski definition) is 5. The molecule has 3 rings (SSSR count). The van der Waals surface area contributed by atoms with Gasteiger partial charge in [-0.3, -0.25) is 0 Å². The second-order valence-electron chi connectivity index (χ2n) is 4.69. The first-order chi connectivity index (χ1) is 10.6. The number of benzene rings is 1. The minimum absolute atomic E-state index is 0.0181. The lowest BCUT2D eigenvalue weighted by Gasteiger charge is -2.05. The van der Waals surface area contributed by atoms with Crippen LogP contribution < -0.4 is 4.72 Å². The molecule has 114 valence electrons. The SMILES string of the molecule is O=S(=O)(Cc1ccccc1)NCc1csc(-c2cccs2)n1. The van der Waals surface area contributed by atoms with E-state index in [2.05, 4.69) is 9.71 Å². The molecule has 0 aliphatic carbocycles. The van der Waals surface area contributed by atoms with E-state index in [1.54, 1.807) is 23.5 Å². The fourth-order valence-corrected chi connectivity index (χ4v) is 4.67. The van der Waals surface area contributed by atoms with Crippen molar-refractivity contribution in [2.45, 2.75) is 12.3 Å². The molecule has 0 unspecified atom stereocenters. The van der Waals surface area contributed by atoms with Crippen molar-refractivity contribution in [1.29, 1.82) is 0 Å². The van der Waals surface area contributed by atoms with E-state index >= 15 is 0 Å². The number of thiazole rings is 1. The average Bonchev–Trinajstić information content (AvgIpc) is 3.17. The molecule has 7 heteroatoms. The summed E-state index contributed by atoms with van der Waals surface area (Å²) in [4.78, 5) is 5.57. The van der Waals surface area contributed by atoms with Gasteiger partial charge in [0.1, 0.15) is 5.01 Å². The van der Waals surface area contributed by atoms with Crippen LogP contribution in [0.4, 0.5) is 0 Å². The van der Waals surface area contributed by atoms with Crippen molar-refractivity contribution in [3.8, 4) is 9.88 Å². The van der Waals surface area contributed by atoms with Crippen LogP contribution in [-0.4, -0.2) is 13.4 Å². The third kappa shape index (κ3) is 4.01. The minimum atomic E-state index is -3.36. The summed E-state index contributed by atoms with van der Waals surface area (Å²) in [7, 11) is -3.36. The van der Waals surface area contributed by atoms with Gasteiger partial charge in [0.15, 0.2) is 0 Å². The Bertz CT molecular complexity index is 825. The Kier molecular flexibility index (Phi) is 4.68. The van der Waals surface area contributed by atoms with Crippen LogP contribution in [0.2, 0.25) is 0 Å². The molecule has 0 bridgehead atoms. The maximum atomic E-state index is 12.1. The second kappa shape index (κ2) is 6.70. The number of nitrogens with one attached hydrogen (secondary N) is 1. The fourth-order valence-electron chi connectivity index (χ4n) is 1.93. The van der Waals surface area contributed by atoms with Gasteiger partial charge in [-0.1, -0.05) is 36.4 Å². The molecule has 0 amide bonds. The summed E-state index contributed by atoms with van der Waals surface area (Å²) in [5.74, 6) is -0.0181. The summed E-state index contributed by atoms with van der Waals surface area (Å²) < 4.78 is 26.8. The highest BCUT2D eigenvalue weighted by Gasteiger charge is 2.12. The zero-order valence-electron chi connectivity index (χ0n) is 11.6. The molecule has 4 nitrogen and oxygen atoms in total. The van der Waals surface area contributed by atoms with Crippen molar-refractivity contribution in [3.63, 3.8) is 0 Å². The Labute approximate surface area is 137 Å². The third-order valence-corrected chi connectivity index (χ3v) is 6.18. The second-order valence-corrected chi connectivity index (χ2v) is 8.30. The molecule has 0 fully saturated rings. The first kappa shape index (κ1) is 15.4. The summed E-state index contributed by atoms with van der Waals surface area (Å²) in [5, 5.41) is 4.81. The van der Waals surface area contributed by atoms with Crippen LogP contribution in [0.25, 0.3) is 9.88 Å². The zero-order valence-corrected chi connectivity index (χ0v) is 14.0. The average molecular weight is 350 g/mol. The van der Waals surface area contributed by atoms with Crippen LogP contribution in [0.5, 0.6) is 0 Å². The number of hydrogen-bond donors (Lipinski definition) is 1. The van der Waals surface area contributed by atoms with Crippen LogP contribution >= 0.6 is 22.7 Å². The molecule has 0 atom stereocenters. The summed E-state index contributed by atoms with van der Waals surface area (Å²) in [6, 6.07) is 13.1. The molecule has 2 heterocycles. The number of sulfonamides is 1. The number of thiophene rings is 1. The van der Waals surface area contributed by atoms with Crippen LogP contribution in [0.1, 0.15) is 11.3 Å². The van der Waals surface area contributed by atoms with Crippen LogP contribution in [0, 0.1) is 0 Å². The van der Waals surface area contributed by atoms with Crippen LogP contribution in [0.15, 0.2) is 53.2 Å². The quantitative estimate of drug-likeness (QED) is 0.740. The first-order valence-corrected chi connectivity index (χ1v) is 10.0. The van der Waals surface area contributed by atoms with Crippen molar-refractivity contribution < 1.29 is 8.42 Å². The normalized spacial score (nSPS) is 11.6. The lowest BCUT2D eigenvalue weighted by atomic mass is 10.2. The Hall–Kier alpha value is -1.54. The lowest BCUT2D eigenvalue weighted by molar-refractivity contribution is 0.580. The summed E-state index contributed by atoms with van der Waals surface area (Å²) in [6.45, 7) is 0.219. The summed E-state index contributed by atoms with van der Waals surface area (Å²) >= 11 is 3.15. The summed E-state index contributed by atoms with van der Waals surface area (Å²) in [5.41, 5.74) is 1.51. The number of nitrogens with zero attached hydrogens (tertiary/aromatic N) is 1. The van der Waals surface area contributed by atoms with Crippen molar-refractivity contribution in [2.24, 2.45) is 0 Å². The third-order valence-electron chi connectivity index (χ3n) is 2.96. The summed E-state index contributed by atoms with van der Waals surface area (Å²) in [6.07, 6.45) is 0. The van der Waals surface area contributed by atoms with Gasteiger partial charge >= 0.3 is 0 Å². The molecule has 0 saturated heterocycles. The van der Waals surface area contributed by atoms with Crippen molar-refractivity contribution in [3.05, 3.63) is 64.5 Å². The molecule has 0 spiro atoms. The van der Waals surface area contributed by atoms with E-state index < -0.39 is 10.0 Å². The molecule has 2 aromatic heterocycles. The molecule has 0 aliphatic heterocycles. The van der Waals surface area contributed by atoms with E-state index in [4.69, 9.17) is 0 Å². The van der Waals surface area contributed by atoms with Gasteiger partial charge in [-0.25, -0.2) is 18.1 Å². The van der Waals surface area contributed by atoms with Crippen LogP contribution in [-0.2, 0) is 22.3 Å². The molecule has 1 N–H and O–H groups in total.